The first-order chi connectivity index (χ1) is 14.4. The zero-order chi connectivity index (χ0) is 22.3. The lowest BCUT2D eigenvalue weighted by Gasteiger charge is -2.18. The molecule has 9 nitrogen and oxygen atoms in total. The predicted octanol–water partition coefficient (Wildman–Crippen LogP) is 3.95. The smallest absolute Gasteiger partial charge is 0.276 e. The van der Waals surface area contributed by atoms with Crippen molar-refractivity contribution in [2.75, 3.05) is 32.9 Å². The Bertz CT molecular complexity index is 950. The van der Waals surface area contributed by atoms with Crippen LogP contribution in [0.5, 0.6) is 23.0 Å². The highest BCUT2D eigenvalue weighted by atomic mass is 35.5. The zero-order valence-electron chi connectivity index (χ0n) is 17.2. The third kappa shape index (κ3) is 5.18. The lowest BCUT2D eigenvalue weighted by atomic mass is 10.2. The lowest BCUT2D eigenvalue weighted by molar-refractivity contribution is -0.126. The van der Waals surface area contributed by atoms with Crippen LogP contribution in [0.3, 0.4) is 0 Å². The van der Waals surface area contributed by atoms with Gasteiger partial charge < -0.3 is 18.9 Å². The molecule has 1 unspecified atom stereocenters. The highest BCUT2D eigenvalue weighted by Crippen LogP contribution is 2.33. The fraction of sp³-hybridized carbons (Fsp3) is 0.300. The second kappa shape index (κ2) is 10.4. The molecule has 0 heterocycles. The molecule has 0 N–H and O–H groups in total. The van der Waals surface area contributed by atoms with Gasteiger partial charge >= 0.3 is 0 Å². The van der Waals surface area contributed by atoms with E-state index in [2.05, 4.69) is 10.2 Å². The average Bonchev–Trinajstić information content (AvgIpc) is 2.77. The molecule has 1 amide bonds. The molecular formula is C20H22ClN3O6. The van der Waals surface area contributed by atoms with E-state index in [0.717, 1.165) is 4.42 Å². The Morgan fingerprint density at radius 2 is 1.40 bits per heavy atom. The number of methoxy groups -OCH3 is 4. The summed E-state index contributed by atoms with van der Waals surface area (Å²) in [6.45, 7) is 1.23. The van der Waals surface area contributed by atoms with Gasteiger partial charge in [0, 0.05) is 23.9 Å². The molecular weight excluding hydrogens is 414 g/mol. The maximum absolute atomic E-state index is 12.8. The molecule has 1 atom stereocenters. The highest BCUT2D eigenvalue weighted by Gasteiger charge is 2.29. The Balaban J connectivity index is 2.28. The van der Waals surface area contributed by atoms with Crippen molar-refractivity contribution in [2.24, 2.45) is 10.2 Å². The van der Waals surface area contributed by atoms with E-state index in [1.165, 1.54) is 41.4 Å². The van der Waals surface area contributed by atoms with Crippen molar-refractivity contribution < 1.29 is 28.5 Å². The van der Waals surface area contributed by atoms with Gasteiger partial charge in [0.2, 0.25) is 6.04 Å². The van der Waals surface area contributed by atoms with Crippen molar-refractivity contribution in [2.45, 2.75) is 13.0 Å². The van der Waals surface area contributed by atoms with Gasteiger partial charge in [-0.1, -0.05) is 0 Å². The largest absolute Gasteiger partial charge is 0.493 e. The minimum atomic E-state index is -1.43. The number of nitrogens with zero attached hydrogens (tertiary/aromatic N) is 3. The number of ether oxygens (including phenoxy) is 4. The predicted molar refractivity (Wildman–Crippen MR) is 111 cm³/mol. The Morgan fingerprint density at radius 3 is 1.93 bits per heavy atom. The Labute approximate surface area is 179 Å². The molecule has 0 saturated carbocycles. The molecule has 0 bridgehead atoms. The second-order valence-electron chi connectivity index (χ2n) is 5.93. The number of Topliss-reactive ketones (excluding diaryl/α,β-unsaturated/α-hetero) is 1. The van der Waals surface area contributed by atoms with Gasteiger partial charge in [0.05, 0.1) is 39.8 Å². The quantitative estimate of drug-likeness (QED) is 0.336. The summed E-state index contributed by atoms with van der Waals surface area (Å²) >= 11 is 6.19. The van der Waals surface area contributed by atoms with Crippen LogP contribution in [-0.2, 0) is 9.59 Å². The number of azo groups is 1. The van der Waals surface area contributed by atoms with Crippen LogP contribution in [0.2, 0.25) is 0 Å². The van der Waals surface area contributed by atoms with E-state index in [9.17, 15) is 9.59 Å². The summed E-state index contributed by atoms with van der Waals surface area (Å²) in [5, 5.41) is 7.88. The number of carbonyl (C=O) groups is 2. The van der Waals surface area contributed by atoms with E-state index in [-0.39, 0.29) is 5.69 Å². The molecule has 0 radical (unpaired) electrons. The second-order valence-corrected chi connectivity index (χ2v) is 6.26. The van der Waals surface area contributed by atoms with E-state index < -0.39 is 17.7 Å². The first kappa shape index (κ1) is 23.0. The number of halogens is 1. The van der Waals surface area contributed by atoms with Crippen LogP contribution in [-0.4, -0.2) is 46.2 Å². The molecule has 0 saturated heterocycles. The molecule has 0 aliphatic heterocycles. The van der Waals surface area contributed by atoms with Gasteiger partial charge in [0.15, 0.2) is 28.8 Å². The molecule has 0 aromatic heterocycles. The number of amides is 1. The molecule has 160 valence electrons. The van der Waals surface area contributed by atoms with Crippen molar-refractivity contribution in [3.05, 3.63) is 36.4 Å². The van der Waals surface area contributed by atoms with Crippen molar-refractivity contribution in [3.63, 3.8) is 0 Å². The van der Waals surface area contributed by atoms with Crippen molar-refractivity contribution >= 4 is 34.8 Å². The number of carbonyl (C=O) groups excluding carboxylic acids is 2. The molecule has 30 heavy (non-hydrogen) atoms. The highest BCUT2D eigenvalue weighted by molar-refractivity contribution is 6.39. The monoisotopic (exact) mass is 435 g/mol. The van der Waals surface area contributed by atoms with Crippen LogP contribution >= 0.6 is 11.8 Å². The van der Waals surface area contributed by atoms with Crippen LogP contribution < -0.4 is 23.4 Å². The summed E-state index contributed by atoms with van der Waals surface area (Å²) in [4.78, 5) is 24.8. The summed E-state index contributed by atoms with van der Waals surface area (Å²) in [5.41, 5.74) is 0.658. The number of hydrogen-bond donors (Lipinski definition) is 0. The van der Waals surface area contributed by atoms with Crippen molar-refractivity contribution in [1.29, 1.82) is 0 Å². The fourth-order valence-electron chi connectivity index (χ4n) is 2.50. The van der Waals surface area contributed by atoms with Crippen LogP contribution in [0.1, 0.15) is 6.92 Å². The molecule has 0 aliphatic rings. The minimum Gasteiger partial charge on any atom is -0.493 e. The normalized spacial score (nSPS) is 11.7. The summed E-state index contributed by atoms with van der Waals surface area (Å²) < 4.78 is 21.5. The van der Waals surface area contributed by atoms with E-state index >= 15 is 0 Å². The van der Waals surface area contributed by atoms with Crippen LogP contribution in [0.25, 0.3) is 0 Å². The maximum Gasteiger partial charge on any atom is 0.276 e. The van der Waals surface area contributed by atoms with Crippen LogP contribution in [0.4, 0.5) is 11.4 Å². The molecule has 0 spiro atoms. The molecule has 0 fully saturated rings. The Kier molecular flexibility index (Phi) is 7.99. The van der Waals surface area contributed by atoms with Gasteiger partial charge in [-0.05, 0) is 31.2 Å². The molecule has 2 aromatic carbocycles. The van der Waals surface area contributed by atoms with Crippen molar-refractivity contribution in [3.8, 4) is 23.0 Å². The summed E-state index contributed by atoms with van der Waals surface area (Å²) in [6.07, 6.45) is 0. The topological polar surface area (TPSA) is 99.0 Å². The van der Waals surface area contributed by atoms with Gasteiger partial charge in [-0.3, -0.25) is 9.59 Å². The lowest BCUT2D eigenvalue weighted by Crippen LogP contribution is -2.36. The standard InChI is InChI=1S/C20H22ClN3O6/c1-12(25)19(23-22-13-6-8-15(27-2)17(10-13)29-4)20(26)24(21)14-7-9-16(28-3)18(11-14)30-5/h6-11,19H,1-5H3. The van der Waals surface area contributed by atoms with Crippen molar-refractivity contribution in [1.82, 2.24) is 0 Å². The first-order valence-electron chi connectivity index (χ1n) is 8.71. The number of benzene rings is 2. The van der Waals surface area contributed by atoms with Gasteiger partial charge in [-0.15, -0.1) is 0 Å². The van der Waals surface area contributed by atoms with Gasteiger partial charge in [0.25, 0.3) is 5.91 Å². The van der Waals surface area contributed by atoms with Gasteiger partial charge in [-0.25, -0.2) is 4.42 Å². The van der Waals surface area contributed by atoms with E-state index in [4.69, 9.17) is 30.7 Å². The molecule has 0 aliphatic carbocycles. The number of hydrogen-bond acceptors (Lipinski definition) is 8. The van der Waals surface area contributed by atoms with Crippen LogP contribution in [0, 0.1) is 0 Å². The minimum absolute atomic E-state index is 0.284. The summed E-state index contributed by atoms with van der Waals surface area (Å²) in [6, 6.07) is 8.03. The number of rotatable bonds is 9. The first-order valence-corrected chi connectivity index (χ1v) is 9.05. The maximum atomic E-state index is 12.8. The van der Waals surface area contributed by atoms with E-state index in [1.807, 2.05) is 0 Å². The van der Waals surface area contributed by atoms with E-state index in [0.29, 0.717) is 28.7 Å². The molecule has 10 heteroatoms. The average molecular weight is 436 g/mol. The molecule has 2 aromatic rings. The van der Waals surface area contributed by atoms with Gasteiger partial charge in [0.1, 0.15) is 0 Å². The summed E-state index contributed by atoms with van der Waals surface area (Å²) in [7, 11) is 5.93. The van der Waals surface area contributed by atoms with Crippen LogP contribution in [0.15, 0.2) is 46.6 Å². The molecule has 2 rings (SSSR count). The Morgan fingerprint density at radius 1 is 0.867 bits per heavy atom. The summed E-state index contributed by atoms with van der Waals surface area (Å²) in [5.74, 6) is 0.505. The SMILES string of the molecule is COc1ccc(N=NC(C(C)=O)C(=O)N(Cl)c2ccc(OC)c(OC)c2)cc1OC. The number of ketones is 1. The van der Waals surface area contributed by atoms with E-state index in [1.54, 1.807) is 30.3 Å². The van der Waals surface area contributed by atoms with Gasteiger partial charge in [-0.2, -0.15) is 10.2 Å². The fourth-order valence-corrected chi connectivity index (χ4v) is 2.70. The third-order valence-corrected chi connectivity index (χ3v) is 4.42. The third-order valence-electron chi connectivity index (χ3n) is 4.06. The zero-order valence-corrected chi connectivity index (χ0v) is 18.0. The Hall–Kier alpha value is -3.33. The number of anilines is 1.